The number of carbonyl (C=O) groups is 3. The van der Waals surface area contributed by atoms with Crippen molar-refractivity contribution in [2.24, 2.45) is 0 Å². The van der Waals surface area contributed by atoms with Crippen LogP contribution in [0.2, 0.25) is 0 Å². The van der Waals surface area contributed by atoms with E-state index in [4.69, 9.17) is 4.74 Å². The number of urea groups is 1. The van der Waals surface area contributed by atoms with Crippen LogP contribution >= 0.6 is 0 Å². The molecule has 7 heteroatoms. The third kappa shape index (κ3) is 4.67. The molecule has 0 aromatic heterocycles. The van der Waals surface area contributed by atoms with Gasteiger partial charge in [-0.15, -0.1) is 0 Å². The lowest BCUT2D eigenvalue weighted by atomic mass is 9.92. The van der Waals surface area contributed by atoms with Crippen LogP contribution in [0.5, 0.6) is 5.75 Å². The fraction of sp³-hybridized carbons (Fsp3) is 0.450. The summed E-state index contributed by atoms with van der Waals surface area (Å²) in [6.45, 7) is 11.2. The Morgan fingerprint density at radius 1 is 1.33 bits per heavy atom. The number of carbonyl (C=O) groups excluding carboxylic acids is 3. The van der Waals surface area contributed by atoms with Gasteiger partial charge >= 0.3 is 6.03 Å². The van der Waals surface area contributed by atoms with E-state index in [0.29, 0.717) is 17.9 Å². The number of benzene rings is 1. The number of amides is 4. The monoisotopic (exact) mass is 373 g/mol. The van der Waals surface area contributed by atoms with Crippen LogP contribution in [0.25, 0.3) is 0 Å². The molecule has 2 rings (SSSR count). The first kappa shape index (κ1) is 20.5. The molecule has 0 aliphatic carbocycles. The van der Waals surface area contributed by atoms with Gasteiger partial charge in [0.15, 0.2) is 0 Å². The standard InChI is InChI=1S/C20H27N3O4/c1-6-14(4)21-17(24)11-23-18(25)20(5,22-19(23)26)15-7-9-16(10-8-15)27-12-13(2)3/h7-10,14H,2,6,11-12H2,1,3-5H3,(H,21,24)(H,22,26). The van der Waals surface area contributed by atoms with E-state index < -0.39 is 17.5 Å². The number of imide groups is 1. The zero-order chi connectivity index (χ0) is 20.2. The highest BCUT2D eigenvalue weighted by Gasteiger charge is 2.49. The highest BCUT2D eigenvalue weighted by atomic mass is 16.5. The molecule has 7 nitrogen and oxygen atoms in total. The van der Waals surface area contributed by atoms with Crippen LogP contribution in [-0.4, -0.2) is 41.9 Å². The maximum absolute atomic E-state index is 12.8. The molecule has 146 valence electrons. The molecule has 0 bridgehead atoms. The van der Waals surface area contributed by atoms with Crippen LogP contribution < -0.4 is 15.4 Å². The zero-order valence-corrected chi connectivity index (χ0v) is 16.3. The fourth-order valence-electron chi connectivity index (χ4n) is 2.69. The highest BCUT2D eigenvalue weighted by Crippen LogP contribution is 2.30. The number of hydrogen-bond donors (Lipinski definition) is 2. The fourth-order valence-corrected chi connectivity index (χ4v) is 2.69. The second kappa shape index (κ2) is 8.24. The normalized spacial score (nSPS) is 20.2. The molecule has 1 aliphatic rings. The molecule has 0 saturated carbocycles. The Labute approximate surface area is 159 Å². The SMILES string of the molecule is C=C(C)COc1ccc(C2(C)NC(=O)N(CC(=O)NC(C)CC)C2=O)cc1. The van der Waals surface area contributed by atoms with Gasteiger partial charge < -0.3 is 15.4 Å². The number of rotatable bonds is 8. The molecule has 1 aromatic carbocycles. The van der Waals surface area contributed by atoms with Crippen molar-refractivity contribution in [2.75, 3.05) is 13.2 Å². The molecule has 4 amide bonds. The Balaban J connectivity index is 2.11. The predicted molar refractivity (Wildman–Crippen MR) is 102 cm³/mol. The quantitative estimate of drug-likeness (QED) is 0.541. The minimum absolute atomic E-state index is 0.0172. The number of nitrogens with one attached hydrogen (secondary N) is 2. The smallest absolute Gasteiger partial charge is 0.325 e. The molecule has 0 spiro atoms. The molecule has 1 fully saturated rings. The lowest BCUT2D eigenvalue weighted by Crippen LogP contribution is -2.44. The average molecular weight is 373 g/mol. The maximum Gasteiger partial charge on any atom is 0.325 e. The van der Waals surface area contributed by atoms with E-state index in [-0.39, 0.29) is 18.5 Å². The van der Waals surface area contributed by atoms with Crippen molar-refractivity contribution in [3.8, 4) is 5.75 Å². The Bertz CT molecular complexity index is 744. The number of ether oxygens (including phenoxy) is 1. The summed E-state index contributed by atoms with van der Waals surface area (Å²) in [5.74, 6) is -0.171. The summed E-state index contributed by atoms with van der Waals surface area (Å²) in [5, 5.41) is 5.45. The summed E-state index contributed by atoms with van der Waals surface area (Å²) in [6.07, 6.45) is 0.767. The minimum atomic E-state index is -1.22. The molecular weight excluding hydrogens is 346 g/mol. The van der Waals surface area contributed by atoms with Crippen molar-refractivity contribution in [2.45, 2.75) is 45.7 Å². The number of nitrogens with zero attached hydrogens (tertiary/aromatic N) is 1. The van der Waals surface area contributed by atoms with Crippen molar-refractivity contribution < 1.29 is 19.1 Å². The molecule has 27 heavy (non-hydrogen) atoms. The van der Waals surface area contributed by atoms with E-state index >= 15 is 0 Å². The molecule has 2 unspecified atom stereocenters. The van der Waals surface area contributed by atoms with Crippen molar-refractivity contribution >= 4 is 17.8 Å². The summed E-state index contributed by atoms with van der Waals surface area (Å²) in [7, 11) is 0. The van der Waals surface area contributed by atoms with Crippen LogP contribution in [0.15, 0.2) is 36.4 Å². The molecule has 2 atom stereocenters. The van der Waals surface area contributed by atoms with Crippen molar-refractivity contribution in [3.05, 3.63) is 42.0 Å². The maximum atomic E-state index is 12.8. The summed E-state index contributed by atoms with van der Waals surface area (Å²) < 4.78 is 5.55. The Morgan fingerprint density at radius 2 is 1.96 bits per heavy atom. The second-order valence-corrected chi connectivity index (χ2v) is 7.09. The topological polar surface area (TPSA) is 87.7 Å². The van der Waals surface area contributed by atoms with Gasteiger partial charge in [-0.2, -0.15) is 0 Å². The van der Waals surface area contributed by atoms with Crippen LogP contribution in [-0.2, 0) is 15.1 Å². The van der Waals surface area contributed by atoms with E-state index in [1.807, 2.05) is 20.8 Å². The molecule has 1 heterocycles. The van der Waals surface area contributed by atoms with Crippen LogP contribution in [0.4, 0.5) is 4.79 Å². The first-order chi connectivity index (χ1) is 12.7. The van der Waals surface area contributed by atoms with Gasteiger partial charge in [-0.25, -0.2) is 4.79 Å². The third-order valence-electron chi connectivity index (χ3n) is 4.51. The lowest BCUT2D eigenvalue weighted by Gasteiger charge is -2.22. The summed E-state index contributed by atoms with van der Waals surface area (Å²) >= 11 is 0. The highest BCUT2D eigenvalue weighted by molar-refractivity contribution is 6.09. The van der Waals surface area contributed by atoms with Gasteiger partial charge in [0.25, 0.3) is 5.91 Å². The molecule has 2 N–H and O–H groups in total. The van der Waals surface area contributed by atoms with Crippen LogP contribution in [0.3, 0.4) is 0 Å². The Morgan fingerprint density at radius 3 is 2.52 bits per heavy atom. The van der Waals surface area contributed by atoms with Gasteiger partial charge in [-0.3, -0.25) is 14.5 Å². The van der Waals surface area contributed by atoms with Crippen molar-refractivity contribution in [1.29, 1.82) is 0 Å². The zero-order valence-electron chi connectivity index (χ0n) is 16.3. The van der Waals surface area contributed by atoms with E-state index in [0.717, 1.165) is 16.9 Å². The van der Waals surface area contributed by atoms with E-state index in [9.17, 15) is 14.4 Å². The van der Waals surface area contributed by atoms with E-state index in [1.165, 1.54) is 0 Å². The van der Waals surface area contributed by atoms with Gasteiger partial charge in [-0.05, 0) is 50.5 Å². The van der Waals surface area contributed by atoms with Gasteiger partial charge in [-0.1, -0.05) is 25.6 Å². The van der Waals surface area contributed by atoms with Crippen LogP contribution in [0.1, 0.15) is 39.7 Å². The minimum Gasteiger partial charge on any atom is -0.489 e. The predicted octanol–water partition coefficient (Wildman–Crippen LogP) is 2.32. The first-order valence-corrected chi connectivity index (χ1v) is 8.98. The van der Waals surface area contributed by atoms with Crippen molar-refractivity contribution in [1.82, 2.24) is 15.5 Å². The summed E-state index contributed by atoms with van der Waals surface area (Å²) in [4.78, 5) is 38.2. The van der Waals surface area contributed by atoms with Crippen molar-refractivity contribution in [3.63, 3.8) is 0 Å². The number of hydrogen-bond acceptors (Lipinski definition) is 4. The molecular formula is C20H27N3O4. The lowest BCUT2D eigenvalue weighted by molar-refractivity contribution is -0.135. The second-order valence-electron chi connectivity index (χ2n) is 7.09. The Hall–Kier alpha value is -2.83. The van der Waals surface area contributed by atoms with E-state index in [2.05, 4.69) is 17.2 Å². The summed E-state index contributed by atoms with van der Waals surface area (Å²) in [6, 6.07) is 6.34. The van der Waals surface area contributed by atoms with E-state index in [1.54, 1.807) is 31.2 Å². The van der Waals surface area contributed by atoms with Gasteiger partial charge in [0.2, 0.25) is 5.91 Å². The van der Waals surface area contributed by atoms with Gasteiger partial charge in [0, 0.05) is 6.04 Å². The molecule has 1 aromatic rings. The molecule has 0 radical (unpaired) electrons. The molecule has 1 saturated heterocycles. The largest absolute Gasteiger partial charge is 0.489 e. The van der Waals surface area contributed by atoms with Gasteiger partial charge in [0.1, 0.15) is 24.4 Å². The Kier molecular flexibility index (Phi) is 6.25. The third-order valence-corrected chi connectivity index (χ3v) is 4.51. The molecule has 1 aliphatic heterocycles. The first-order valence-electron chi connectivity index (χ1n) is 8.98. The summed E-state index contributed by atoms with van der Waals surface area (Å²) in [5.41, 5.74) is 0.296. The van der Waals surface area contributed by atoms with Crippen LogP contribution in [0, 0.1) is 0 Å². The van der Waals surface area contributed by atoms with Gasteiger partial charge in [0.05, 0.1) is 0 Å². The average Bonchev–Trinajstić information content (AvgIpc) is 2.84.